The zero-order chi connectivity index (χ0) is 21.1. The highest BCUT2D eigenvalue weighted by molar-refractivity contribution is 6.02. The van der Waals surface area contributed by atoms with Crippen LogP contribution in [0.2, 0.25) is 0 Å². The maximum atomic E-state index is 12.5. The van der Waals surface area contributed by atoms with Crippen LogP contribution in [0.3, 0.4) is 0 Å². The van der Waals surface area contributed by atoms with Crippen molar-refractivity contribution >= 4 is 23.3 Å². The molecular weight excluding hydrogens is 372 g/mol. The largest absolute Gasteiger partial charge is 0.495 e. The topological polar surface area (TPSA) is 77.8 Å². The van der Waals surface area contributed by atoms with Crippen LogP contribution in [0.4, 0.5) is 5.69 Å². The van der Waals surface area contributed by atoms with Crippen LogP contribution in [0.5, 0.6) is 5.75 Å². The SMILES string of the molecule is CCn1c(C)cc(C(=O)COC(=O)[C@@H]2CC(=O)N(c3ccccc3OC)C2)c1C. The van der Waals surface area contributed by atoms with E-state index in [1.54, 1.807) is 12.1 Å². The van der Waals surface area contributed by atoms with Gasteiger partial charge in [-0.2, -0.15) is 0 Å². The van der Waals surface area contributed by atoms with Gasteiger partial charge in [-0.1, -0.05) is 12.1 Å². The summed E-state index contributed by atoms with van der Waals surface area (Å²) in [5.41, 5.74) is 3.05. The summed E-state index contributed by atoms with van der Waals surface area (Å²) < 4.78 is 12.6. The number of nitrogens with zero attached hydrogens (tertiary/aromatic N) is 2. The van der Waals surface area contributed by atoms with Crippen molar-refractivity contribution in [2.45, 2.75) is 33.7 Å². The predicted molar refractivity (Wildman–Crippen MR) is 108 cm³/mol. The number of hydrogen-bond donors (Lipinski definition) is 0. The standard InChI is InChI=1S/C22H26N2O5/c1-5-23-14(2)10-17(15(23)3)19(25)13-29-22(27)16-11-21(26)24(12-16)18-8-6-7-9-20(18)28-4/h6-10,16H,5,11-13H2,1-4H3/t16-/m1/s1. The molecule has 1 atom stereocenters. The molecule has 1 aliphatic heterocycles. The zero-order valence-corrected chi connectivity index (χ0v) is 17.2. The Labute approximate surface area is 170 Å². The number of aromatic nitrogens is 1. The van der Waals surface area contributed by atoms with E-state index >= 15 is 0 Å². The van der Waals surface area contributed by atoms with E-state index in [1.807, 2.05) is 43.5 Å². The molecular formula is C22H26N2O5. The molecule has 1 aromatic heterocycles. The Morgan fingerprint density at radius 2 is 1.93 bits per heavy atom. The molecule has 1 aromatic carbocycles. The number of rotatable bonds is 7. The third kappa shape index (κ3) is 4.04. The first-order valence-corrected chi connectivity index (χ1v) is 9.67. The number of amides is 1. The monoisotopic (exact) mass is 398 g/mol. The smallest absolute Gasteiger partial charge is 0.311 e. The molecule has 0 saturated carbocycles. The second-order valence-electron chi connectivity index (χ2n) is 7.14. The van der Waals surface area contributed by atoms with Crippen molar-refractivity contribution in [3.8, 4) is 5.75 Å². The summed E-state index contributed by atoms with van der Waals surface area (Å²) in [6, 6.07) is 8.98. The lowest BCUT2D eigenvalue weighted by atomic mass is 10.1. The molecule has 2 aromatic rings. The first-order valence-electron chi connectivity index (χ1n) is 9.67. The van der Waals surface area contributed by atoms with Gasteiger partial charge in [0.15, 0.2) is 6.61 Å². The average molecular weight is 398 g/mol. The summed E-state index contributed by atoms with van der Waals surface area (Å²) in [5.74, 6) is -0.987. The molecule has 154 valence electrons. The first-order chi connectivity index (χ1) is 13.9. The molecule has 3 rings (SSSR count). The molecule has 29 heavy (non-hydrogen) atoms. The van der Waals surface area contributed by atoms with Crippen molar-refractivity contribution in [2.24, 2.45) is 5.92 Å². The highest BCUT2D eigenvalue weighted by atomic mass is 16.5. The van der Waals surface area contributed by atoms with Gasteiger partial charge in [-0.3, -0.25) is 14.4 Å². The van der Waals surface area contributed by atoms with Gasteiger partial charge in [-0.15, -0.1) is 0 Å². The number of hydrogen-bond acceptors (Lipinski definition) is 5. The number of ether oxygens (including phenoxy) is 2. The fourth-order valence-electron chi connectivity index (χ4n) is 3.85. The van der Waals surface area contributed by atoms with E-state index in [0.717, 1.165) is 17.9 Å². The Morgan fingerprint density at radius 3 is 2.59 bits per heavy atom. The number of para-hydroxylation sites is 2. The summed E-state index contributed by atoms with van der Waals surface area (Å²) >= 11 is 0. The van der Waals surface area contributed by atoms with E-state index in [-0.39, 0.29) is 31.3 Å². The highest BCUT2D eigenvalue weighted by Gasteiger charge is 2.37. The van der Waals surface area contributed by atoms with Crippen molar-refractivity contribution < 1.29 is 23.9 Å². The van der Waals surface area contributed by atoms with Crippen LogP contribution in [0.25, 0.3) is 0 Å². The van der Waals surface area contributed by atoms with Gasteiger partial charge in [0.1, 0.15) is 5.75 Å². The third-order valence-corrected chi connectivity index (χ3v) is 5.37. The number of Topliss-reactive ketones (excluding diaryl/α,β-unsaturated/α-hetero) is 1. The maximum Gasteiger partial charge on any atom is 0.311 e. The lowest BCUT2D eigenvalue weighted by Crippen LogP contribution is -2.27. The van der Waals surface area contributed by atoms with Gasteiger partial charge in [0.05, 0.1) is 18.7 Å². The Hall–Kier alpha value is -3.09. The minimum absolute atomic E-state index is 0.0510. The molecule has 0 spiro atoms. The van der Waals surface area contributed by atoms with Crippen LogP contribution in [0, 0.1) is 19.8 Å². The molecule has 1 aliphatic rings. The Balaban J connectivity index is 1.63. The molecule has 0 unspecified atom stereocenters. The fourth-order valence-corrected chi connectivity index (χ4v) is 3.85. The molecule has 1 amide bonds. The van der Waals surface area contributed by atoms with Crippen molar-refractivity contribution in [1.29, 1.82) is 0 Å². The predicted octanol–water partition coefficient (Wildman–Crippen LogP) is 2.91. The molecule has 2 heterocycles. The van der Waals surface area contributed by atoms with Crippen LogP contribution in [-0.4, -0.2) is 42.5 Å². The lowest BCUT2D eigenvalue weighted by molar-refractivity contribution is -0.147. The number of carbonyl (C=O) groups is 3. The summed E-state index contributed by atoms with van der Waals surface area (Å²) in [5, 5.41) is 0. The van der Waals surface area contributed by atoms with Crippen molar-refractivity contribution in [2.75, 3.05) is 25.2 Å². The normalized spacial score (nSPS) is 16.2. The van der Waals surface area contributed by atoms with Crippen LogP contribution in [0.1, 0.15) is 35.1 Å². The molecule has 0 aliphatic carbocycles. The molecule has 7 heteroatoms. The van der Waals surface area contributed by atoms with Gasteiger partial charge in [-0.25, -0.2) is 0 Å². The van der Waals surface area contributed by atoms with E-state index < -0.39 is 11.9 Å². The summed E-state index contributed by atoms with van der Waals surface area (Å²) in [6.07, 6.45) is 0.0510. The molecule has 7 nitrogen and oxygen atoms in total. The second kappa shape index (κ2) is 8.51. The maximum absolute atomic E-state index is 12.5. The Bertz CT molecular complexity index is 947. The number of benzene rings is 1. The number of methoxy groups -OCH3 is 1. The van der Waals surface area contributed by atoms with Gasteiger partial charge in [0.2, 0.25) is 11.7 Å². The first kappa shape index (κ1) is 20.6. The van der Waals surface area contributed by atoms with Gasteiger partial charge in [-0.05, 0) is 39.0 Å². The minimum atomic E-state index is -0.608. The Morgan fingerprint density at radius 1 is 1.21 bits per heavy atom. The summed E-state index contributed by atoms with van der Waals surface area (Å²) in [6.45, 7) is 6.48. The van der Waals surface area contributed by atoms with Crippen LogP contribution in [0.15, 0.2) is 30.3 Å². The number of ketones is 1. The summed E-state index contributed by atoms with van der Waals surface area (Å²) in [4.78, 5) is 39.0. The van der Waals surface area contributed by atoms with Gasteiger partial charge in [0.25, 0.3) is 0 Å². The molecule has 0 N–H and O–H groups in total. The molecule has 0 bridgehead atoms. The van der Waals surface area contributed by atoms with Crippen LogP contribution >= 0.6 is 0 Å². The molecule has 0 radical (unpaired) electrons. The van der Waals surface area contributed by atoms with E-state index in [9.17, 15) is 14.4 Å². The highest BCUT2D eigenvalue weighted by Crippen LogP contribution is 2.33. The van der Waals surface area contributed by atoms with Gasteiger partial charge >= 0.3 is 5.97 Å². The van der Waals surface area contributed by atoms with E-state index in [2.05, 4.69) is 0 Å². The van der Waals surface area contributed by atoms with Gasteiger partial charge in [0, 0.05) is 36.5 Å². The van der Waals surface area contributed by atoms with Crippen molar-refractivity contribution in [3.05, 3.63) is 47.3 Å². The van der Waals surface area contributed by atoms with Crippen molar-refractivity contribution in [3.63, 3.8) is 0 Å². The van der Waals surface area contributed by atoms with Gasteiger partial charge < -0.3 is 18.9 Å². The van der Waals surface area contributed by atoms with Crippen LogP contribution in [-0.2, 0) is 20.9 Å². The van der Waals surface area contributed by atoms with Crippen molar-refractivity contribution in [1.82, 2.24) is 4.57 Å². The van der Waals surface area contributed by atoms with E-state index in [4.69, 9.17) is 9.47 Å². The molecule has 1 fully saturated rings. The number of anilines is 1. The van der Waals surface area contributed by atoms with Crippen LogP contribution < -0.4 is 9.64 Å². The summed E-state index contributed by atoms with van der Waals surface area (Å²) in [7, 11) is 1.53. The lowest BCUT2D eigenvalue weighted by Gasteiger charge is -2.19. The quantitative estimate of drug-likeness (QED) is 0.529. The number of carbonyl (C=O) groups excluding carboxylic acids is 3. The Kier molecular flexibility index (Phi) is 6.06. The third-order valence-electron chi connectivity index (χ3n) is 5.37. The second-order valence-corrected chi connectivity index (χ2v) is 7.14. The minimum Gasteiger partial charge on any atom is -0.495 e. The molecule has 1 saturated heterocycles. The zero-order valence-electron chi connectivity index (χ0n) is 17.2. The number of aryl methyl sites for hydroxylation is 1. The fraction of sp³-hybridized carbons (Fsp3) is 0.409. The average Bonchev–Trinajstić information content (AvgIpc) is 3.24. The van der Waals surface area contributed by atoms with E-state index in [0.29, 0.717) is 17.0 Å². The van der Waals surface area contributed by atoms with E-state index in [1.165, 1.54) is 12.0 Å². The number of esters is 1.